The zero-order chi connectivity index (χ0) is 16.1. The van der Waals surface area contributed by atoms with E-state index in [9.17, 15) is 4.79 Å². The van der Waals surface area contributed by atoms with Gasteiger partial charge in [0.05, 0.1) is 11.5 Å². The van der Waals surface area contributed by atoms with Crippen LogP contribution in [0.3, 0.4) is 0 Å². The Hall–Kier alpha value is -2.09. The number of hydrogen-bond donors (Lipinski definition) is 1. The second kappa shape index (κ2) is 6.99. The van der Waals surface area contributed by atoms with Gasteiger partial charge in [-0.1, -0.05) is 79.9 Å². The first-order valence-corrected chi connectivity index (χ1v) is 8.64. The van der Waals surface area contributed by atoms with E-state index in [1.54, 1.807) is 0 Å². The fraction of sp³-hybridized carbons (Fsp3) is 0.381. The van der Waals surface area contributed by atoms with Crippen LogP contribution in [0.4, 0.5) is 0 Å². The van der Waals surface area contributed by atoms with Gasteiger partial charge in [0.25, 0.3) is 0 Å². The molecule has 0 aliphatic heterocycles. The Balaban J connectivity index is 1.84. The topological polar surface area (TPSA) is 29.1 Å². The van der Waals surface area contributed by atoms with Gasteiger partial charge in [-0.2, -0.15) is 0 Å². The molecular formula is C21H25NO. The van der Waals surface area contributed by atoms with Crippen molar-refractivity contribution in [2.75, 3.05) is 0 Å². The fourth-order valence-electron chi connectivity index (χ4n) is 3.72. The molecule has 1 aliphatic carbocycles. The molecule has 1 fully saturated rings. The smallest absolute Gasteiger partial charge is 0.231 e. The molecule has 0 aromatic heterocycles. The van der Waals surface area contributed by atoms with E-state index in [4.69, 9.17) is 0 Å². The average molecular weight is 307 g/mol. The van der Waals surface area contributed by atoms with Crippen LogP contribution in [0.15, 0.2) is 60.7 Å². The van der Waals surface area contributed by atoms with Crippen LogP contribution in [0.25, 0.3) is 0 Å². The number of amides is 1. The molecule has 3 rings (SSSR count). The molecule has 0 unspecified atom stereocenters. The van der Waals surface area contributed by atoms with Gasteiger partial charge in [0, 0.05) is 0 Å². The molecule has 1 amide bonds. The highest BCUT2D eigenvalue weighted by Gasteiger charge is 2.41. The van der Waals surface area contributed by atoms with Crippen molar-refractivity contribution in [2.24, 2.45) is 0 Å². The Morgan fingerprint density at radius 1 is 0.913 bits per heavy atom. The Kier molecular flexibility index (Phi) is 4.80. The van der Waals surface area contributed by atoms with E-state index < -0.39 is 0 Å². The molecule has 0 spiro atoms. The summed E-state index contributed by atoms with van der Waals surface area (Å²) in [6.07, 6.45) is 5.38. The second-order valence-electron chi connectivity index (χ2n) is 6.61. The van der Waals surface area contributed by atoms with Gasteiger partial charge in [-0.05, 0) is 30.9 Å². The van der Waals surface area contributed by atoms with Crippen LogP contribution in [0.2, 0.25) is 0 Å². The highest BCUT2D eigenvalue weighted by atomic mass is 16.2. The Morgan fingerprint density at radius 2 is 1.48 bits per heavy atom. The van der Waals surface area contributed by atoms with Crippen molar-refractivity contribution in [1.29, 1.82) is 0 Å². The predicted octanol–water partition coefficient (Wildman–Crippen LogP) is 4.77. The number of hydrogen-bond acceptors (Lipinski definition) is 1. The van der Waals surface area contributed by atoms with E-state index in [-0.39, 0.29) is 17.4 Å². The summed E-state index contributed by atoms with van der Waals surface area (Å²) in [5.41, 5.74) is 1.96. The van der Waals surface area contributed by atoms with E-state index in [0.717, 1.165) is 36.8 Å². The molecule has 2 nitrogen and oxygen atoms in total. The molecule has 2 aromatic rings. The van der Waals surface area contributed by atoms with Crippen molar-refractivity contribution in [3.05, 3.63) is 71.8 Å². The van der Waals surface area contributed by atoms with Crippen LogP contribution in [0, 0.1) is 0 Å². The van der Waals surface area contributed by atoms with E-state index in [1.165, 1.54) is 6.42 Å². The number of benzene rings is 2. The van der Waals surface area contributed by atoms with Gasteiger partial charge in [-0.25, -0.2) is 0 Å². The molecule has 0 radical (unpaired) electrons. The van der Waals surface area contributed by atoms with Crippen LogP contribution in [-0.4, -0.2) is 5.91 Å². The van der Waals surface area contributed by atoms with Crippen molar-refractivity contribution in [1.82, 2.24) is 5.32 Å². The lowest BCUT2D eigenvalue weighted by atomic mass is 9.68. The maximum Gasteiger partial charge on any atom is 0.231 e. The van der Waals surface area contributed by atoms with E-state index >= 15 is 0 Å². The van der Waals surface area contributed by atoms with E-state index in [0.29, 0.717) is 0 Å². The van der Waals surface area contributed by atoms with Crippen LogP contribution in [-0.2, 0) is 10.2 Å². The lowest BCUT2D eigenvalue weighted by Crippen LogP contribution is -2.46. The van der Waals surface area contributed by atoms with Crippen molar-refractivity contribution in [3.8, 4) is 0 Å². The third-order valence-corrected chi connectivity index (χ3v) is 5.12. The number of carbonyl (C=O) groups is 1. The summed E-state index contributed by atoms with van der Waals surface area (Å²) in [6.45, 7) is 2.06. The molecule has 0 bridgehead atoms. The van der Waals surface area contributed by atoms with Crippen LogP contribution in [0.5, 0.6) is 0 Å². The van der Waals surface area contributed by atoms with Crippen molar-refractivity contribution < 1.29 is 4.79 Å². The quantitative estimate of drug-likeness (QED) is 0.866. The number of rotatable bonds is 4. The molecule has 0 heterocycles. The van der Waals surface area contributed by atoms with Gasteiger partial charge in [-0.15, -0.1) is 0 Å². The minimum Gasteiger partial charge on any atom is -0.349 e. The SMILES string of the molecule is C[C@@H](NC(=O)C1(c2ccccc2)CCCCC1)c1ccccc1. The van der Waals surface area contributed by atoms with Crippen molar-refractivity contribution in [3.63, 3.8) is 0 Å². The van der Waals surface area contributed by atoms with Gasteiger partial charge in [0.1, 0.15) is 0 Å². The Morgan fingerprint density at radius 3 is 2.09 bits per heavy atom. The van der Waals surface area contributed by atoms with Crippen molar-refractivity contribution >= 4 is 5.91 Å². The number of carbonyl (C=O) groups excluding carboxylic acids is 1. The molecular weight excluding hydrogens is 282 g/mol. The lowest BCUT2D eigenvalue weighted by molar-refractivity contribution is -0.128. The van der Waals surface area contributed by atoms with Crippen LogP contribution < -0.4 is 5.32 Å². The maximum absolute atomic E-state index is 13.2. The molecule has 2 heteroatoms. The summed E-state index contributed by atoms with van der Waals surface area (Å²) in [6, 6.07) is 20.5. The minimum atomic E-state index is -0.359. The van der Waals surface area contributed by atoms with Gasteiger partial charge in [-0.3, -0.25) is 4.79 Å². The zero-order valence-electron chi connectivity index (χ0n) is 13.8. The third-order valence-electron chi connectivity index (χ3n) is 5.12. The molecule has 1 atom stereocenters. The Labute approximate surface area is 138 Å². The monoisotopic (exact) mass is 307 g/mol. The standard InChI is InChI=1S/C21H25NO/c1-17(18-11-5-2-6-12-18)22-20(23)21(15-9-4-10-16-21)19-13-7-3-8-14-19/h2-3,5-8,11-14,17H,4,9-10,15-16H2,1H3,(H,22,23)/t17-/m1/s1. The highest BCUT2D eigenvalue weighted by Crippen LogP contribution is 2.40. The molecule has 120 valence electrons. The Bertz CT molecular complexity index is 629. The lowest BCUT2D eigenvalue weighted by Gasteiger charge is -2.37. The molecule has 23 heavy (non-hydrogen) atoms. The second-order valence-corrected chi connectivity index (χ2v) is 6.61. The summed E-state index contributed by atoms with van der Waals surface area (Å²) in [5.74, 6) is 0.180. The average Bonchev–Trinajstić information content (AvgIpc) is 2.63. The number of nitrogens with one attached hydrogen (secondary N) is 1. The summed E-state index contributed by atoms with van der Waals surface area (Å²) >= 11 is 0. The van der Waals surface area contributed by atoms with E-state index in [2.05, 4.69) is 36.5 Å². The summed E-state index contributed by atoms with van der Waals surface area (Å²) in [5, 5.41) is 3.27. The van der Waals surface area contributed by atoms with Gasteiger partial charge in [0.2, 0.25) is 5.91 Å². The molecule has 1 aliphatic rings. The fourth-order valence-corrected chi connectivity index (χ4v) is 3.72. The molecule has 2 aromatic carbocycles. The maximum atomic E-state index is 13.2. The van der Waals surface area contributed by atoms with E-state index in [1.807, 2.05) is 36.4 Å². The van der Waals surface area contributed by atoms with Crippen LogP contribution >= 0.6 is 0 Å². The van der Waals surface area contributed by atoms with Crippen LogP contribution in [0.1, 0.15) is 56.2 Å². The first-order chi connectivity index (χ1) is 11.2. The van der Waals surface area contributed by atoms with Gasteiger partial charge >= 0.3 is 0 Å². The third kappa shape index (κ3) is 3.31. The predicted molar refractivity (Wildman–Crippen MR) is 94.2 cm³/mol. The zero-order valence-corrected chi connectivity index (χ0v) is 13.8. The van der Waals surface area contributed by atoms with Crippen molar-refractivity contribution in [2.45, 2.75) is 50.5 Å². The highest BCUT2D eigenvalue weighted by molar-refractivity contribution is 5.88. The minimum absolute atomic E-state index is 0.0335. The first kappa shape index (κ1) is 15.8. The van der Waals surface area contributed by atoms with Gasteiger partial charge < -0.3 is 5.32 Å². The normalized spacial score (nSPS) is 18.1. The summed E-state index contributed by atoms with van der Waals surface area (Å²) in [4.78, 5) is 13.2. The first-order valence-electron chi connectivity index (χ1n) is 8.64. The molecule has 0 saturated heterocycles. The largest absolute Gasteiger partial charge is 0.349 e. The summed E-state index contributed by atoms with van der Waals surface area (Å²) in [7, 11) is 0. The molecule has 1 N–H and O–H groups in total. The summed E-state index contributed by atoms with van der Waals surface area (Å²) < 4.78 is 0. The van der Waals surface area contributed by atoms with Gasteiger partial charge in [0.15, 0.2) is 0 Å². The molecule has 1 saturated carbocycles.